The van der Waals surface area contributed by atoms with Crippen LogP contribution in [0.4, 0.5) is 0 Å². The van der Waals surface area contributed by atoms with Crippen LogP contribution in [0.2, 0.25) is 5.02 Å². The summed E-state index contributed by atoms with van der Waals surface area (Å²) in [6.07, 6.45) is 8.45. The van der Waals surface area contributed by atoms with E-state index in [1.807, 2.05) is 42.9 Å². The Balaban J connectivity index is 1.71. The minimum Gasteiger partial charge on any atom is -0.353 e. The zero-order chi connectivity index (χ0) is 21.5. The molecule has 1 aromatic heterocycles. The van der Waals surface area contributed by atoms with Crippen LogP contribution in [0.5, 0.6) is 0 Å². The fourth-order valence-corrected chi connectivity index (χ4v) is 4.61. The number of halogens is 1. The van der Waals surface area contributed by atoms with Crippen molar-refractivity contribution in [2.75, 3.05) is 19.8 Å². The molecule has 0 bridgehead atoms. The van der Waals surface area contributed by atoms with Crippen molar-refractivity contribution in [3.63, 3.8) is 0 Å². The molecule has 1 saturated carbocycles. The second-order valence-electron chi connectivity index (χ2n) is 8.19. The van der Waals surface area contributed by atoms with E-state index >= 15 is 0 Å². The molecule has 1 N–H and O–H groups in total. The third kappa shape index (κ3) is 6.22. The molecule has 0 spiro atoms. The van der Waals surface area contributed by atoms with E-state index in [-0.39, 0.29) is 11.9 Å². The molecule has 8 heteroatoms. The summed E-state index contributed by atoms with van der Waals surface area (Å²) in [6.45, 7) is 2.09. The van der Waals surface area contributed by atoms with Gasteiger partial charge in [0.05, 0.1) is 11.8 Å². The predicted molar refractivity (Wildman–Crippen MR) is 123 cm³/mol. The molecule has 30 heavy (non-hydrogen) atoms. The summed E-state index contributed by atoms with van der Waals surface area (Å²) in [5.74, 6) is 1.24. The van der Waals surface area contributed by atoms with E-state index in [0.29, 0.717) is 22.0 Å². The van der Waals surface area contributed by atoms with Crippen molar-refractivity contribution in [2.24, 2.45) is 0 Å². The fourth-order valence-electron chi connectivity index (χ4n) is 3.71. The lowest BCUT2D eigenvalue weighted by atomic mass is 9.97. The summed E-state index contributed by atoms with van der Waals surface area (Å²) < 4.78 is 2.02. The number of hydrogen-bond donors (Lipinski definition) is 1. The van der Waals surface area contributed by atoms with Crippen molar-refractivity contribution in [2.45, 2.75) is 69.1 Å². The molecule has 1 atom stereocenters. The molecule has 6 nitrogen and oxygen atoms in total. The number of hydrogen-bond acceptors (Lipinski definition) is 5. The second-order valence-corrected chi connectivity index (χ2v) is 9.57. The number of rotatable bonds is 7. The van der Waals surface area contributed by atoms with Gasteiger partial charge in [-0.25, -0.2) is 0 Å². The van der Waals surface area contributed by atoms with Crippen molar-refractivity contribution >= 4 is 29.3 Å². The van der Waals surface area contributed by atoms with E-state index in [1.165, 1.54) is 43.9 Å². The van der Waals surface area contributed by atoms with E-state index in [1.54, 1.807) is 0 Å². The SMILES string of the molecule is CC(c1nnc(SCC(=O)NC2CCCCCCC2)n1-c1ccc(Cl)cc1)N(C)C. The average Bonchev–Trinajstić information content (AvgIpc) is 3.12. The number of thioether (sulfide) groups is 1. The monoisotopic (exact) mass is 449 g/mol. The summed E-state index contributed by atoms with van der Waals surface area (Å²) >= 11 is 7.50. The molecule has 1 amide bonds. The van der Waals surface area contributed by atoms with E-state index in [9.17, 15) is 4.79 Å². The van der Waals surface area contributed by atoms with E-state index in [2.05, 4.69) is 27.3 Å². The van der Waals surface area contributed by atoms with Gasteiger partial charge in [0, 0.05) is 16.8 Å². The highest BCUT2D eigenvalue weighted by atomic mass is 35.5. The summed E-state index contributed by atoms with van der Waals surface area (Å²) in [4.78, 5) is 14.7. The van der Waals surface area contributed by atoms with Gasteiger partial charge in [-0.15, -0.1) is 10.2 Å². The average molecular weight is 450 g/mol. The smallest absolute Gasteiger partial charge is 0.230 e. The fraction of sp³-hybridized carbons (Fsp3) is 0.591. The lowest BCUT2D eigenvalue weighted by Crippen LogP contribution is -2.36. The number of nitrogens with one attached hydrogen (secondary N) is 1. The quantitative estimate of drug-likeness (QED) is 0.611. The van der Waals surface area contributed by atoms with Crippen molar-refractivity contribution in [1.82, 2.24) is 25.0 Å². The van der Waals surface area contributed by atoms with Gasteiger partial charge in [-0.2, -0.15) is 0 Å². The van der Waals surface area contributed by atoms with Crippen molar-refractivity contribution < 1.29 is 4.79 Å². The van der Waals surface area contributed by atoms with E-state index in [0.717, 1.165) is 24.4 Å². The Morgan fingerprint density at radius 1 is 1.17 bits per heavy atom. The zero-order valence-corrected chi connectivity index (χ0v) is 19.7. The molecule has 1 fully saturated rings. The lowest BCUT2D eigenvalue weighted by Gasteiger charge is -2.21. The molecule has 2 aromatic rings. The van der Waals surface area contributed by atoms with Crippen LogP contribution >= 0.6 is 23.4 Å². The van der Waals surface area contributed by atoms with Crippen LogP contribution in [0.25, 0.3) is 5.69 Å². The molecular formula is C22H32ClN5OS. The van der Waals surface area contributed by atoms with Gasteiger partial charge in [0.2, 0.25) is 5.91 Å². The first-order valence-corrected chi connectivity index (χ1v) is 12.1. The van der Waals surface area contributed by atoms with Crippen molar-refractivity contribution in [1.29, 1.82) is 0 Å². The summed E-state index contributed by atoms with van der Waals surface area (Å²) in [7, 11) is 4.03. The summed E-state index contributed by atoms with van der Waals surface area (Å²) in [5, 5.41) is 13.5. The Kier molecular flexibility index (Phi) is 8.60. The molecule has 1 aliphatic rings. The van der Waals surface area contributed by atoms with Crippen molar-refractivity contribution in [3.05, 3.63) is 35.1 Å². The Morgan fingerprint density at radius 2 is 1.80 bits per heavy atom. The van der Waals surface area contributed by atoms with Gasteiger partial charge in [0.1, 0.15) is 0 Å². The minimum absolute atomic E-state index is 0.0680. The third-order valence-electron chi connectivity index (χ3n) is 5.69. The summed E-state index contributed by atoms with van der Waals surface area (Å²) in [6, 6.07) is 8.00. The van der Waals surface area contributed by atoms with Crippen LogP contribution in [0, 0.1) is 0 Å². The Bertz CT molecular complexity index is 815. The third-order valence-corrected chi connectivity index (χ3v) is 6.88. The number of amides is 1. The van der Waals surface area contributed by atoms with Gasteiger partial charge < -0.3 is 5.32 Å². The first kappa shape index (κ1) is 23.1. The number of carbonyl (C=O) groups excluding carboxylic acids is 1. The maximum atomic E-state index is 12.6. The van der Waals surface area contributed by atoms with Crippen LogP contribution in [0.3, 0.4) is 0 Å². The lowest BCUT2D eigenvalue weighted by molar-refractivity contribution is -0.119. The van der Waals surface area contributed by atoms with Gasteiger partial charge >= 0.3 is 0 Å². The van der Waals surface area contributed by atoms with Gasteiger partial charge in [-0.3, -0.25) is 14.3 Å². The molecule has 0 radical (unpaired) electrons. The van der Waals surface area contributed by atoms with Gasteiger partial charge in [-0.1, -0.05) is 55.5 Å². The predicted octanol–water partition coefficient (Wildman–Crippen LogP) is 4.86. The first-order chi connectivity index (χ1) is 14.5. The maximum absolute atomic E-state index is 12.6. The van der Waals surface area contributed by atoms with Crippen LogP contribution in [-0.4, -0.2) is 51.5 Å². The molecule has 164 valence electrons. The van der Waals surface area contributed by atoms with Crippen LogP contribution in [0.15, 0.2) is 29.4 Å². The Hall–Kier alpha value is -1.57. The molecule has 1 heterocycles. The topological polar surface area (TPSA) is 63.1 Å². The molecular weight excluding hydrogens is 418 g/mol. The highest BCUT2D eigenvalue weighted by molar-refractivity contribution is 7.99. The van der Waals surface area contributed by atoms with Gasteiger partial charge in [0.15, 0.2) is 11.0 Å². The molecule has 0 aliphatic heterocycles. The largest absolute Gasteiger partial charge is 0.353 e. The highest BCUT2D eigenvalue weighted by Gasteiger charge is 2.22. The van der Waals surface area contributed by atoms with Crippen LogP contribution in [-0.2, 0) is 4.79 Å². The van der Waals surface area contributed by atoms with E-state index < -0.39 is 0 Å². The standard InChI is InChI=1S/C22H32ClN5OS/c1-16(27(2)3)21-25-26-22(28(21)19-13-11-17(23)12-14-19)30-15-20(29)24-18-9-7-5-4-6-8-10-18/h11-14,16,18H,4-10,15H2,1-3H3,(H,24,29). The molecule has 3 rings (SSSR count). The molecule has 1 aromatic carbocycles. The van der Waals surface area contributed by atoms with Crippen LogP contribution in [0.1, 0.15) is 63.7 Å². The highest BCUT2D eigenvalue weighted by Crippen LogP contribution is 2.27. The number of carbonyl (C=O) groups is 1. The molecule has 0 saturated heterocycles. The Morgan fingerprint density at radius 3 is 2.43 bits per heavy atom. The minimum atomic E-state index is 0.0680. The molecule has 1 aliphatic carbocycles. The van der Waals surface area contributed by atoms with E-state index in [4.69, 9.17) is 11.6 Å². The normalized spacial score (nSPS) is 16.8. The number of benzene rings is 1. The molecule has 1 unspecified atom stereocenters. The van der Waals surface area contributed by atoms with Gasteiger partial charge in [0.25, 0.3) is 0 Å². The number of aromatic nitrogens is 3. The number of nitrogens with zero attached hydrogens (tertiary/aromatic N) is 4. The zero-order valence-electron chi connectivity index (χ0n) is 18.1. The second kappa shape index (κ2) is 11.2. The summed E-state index contributed by atoms with van der Waals surface area (Å²) in [5.41, 5.74) is 0.941. The first-order valence-electron chi connectivity index (χ1n) is 10.8. The van der Waals surface area contributed by atoms with Crippen LogP contribution < -0.4 is 5.32 Å². The van der Waals surface area contributed by atoms with Gasteiger partial charge in [-0.05, 0) is 58.1 Å². The Labute approximate surface area is 188 Å². The van der Waals surface area contributed by atoms with Crippen molar-refractivity contribution in [3.8, 4) is 5.69 Å². The maximum Gasteiger partial charge on any atom is 0.230 e.